The zero-order valence-electron chi connectivity index (χ0n) is 22.0. The number of nitrogens with one attached hydrogen (secondary N) is 1. The molecule has 1 fully saturated rings. The summed E-state index contributed by atoms with van der Waals surface area (Å²) < 4.78 is 54.1. The maximum Gasteiger partial charge on any atom is 0.417 e. The molecule has 1 aromatic carbocycles. The molecule has 204 valence electrons. The van der Waals surface area contributed by atoms with E-state index in [1.807, 2.05) is 6.92 Å². The van der Waals surface area contributed by atoms with E-state index in [2.05, 4.69) is 10.3 Å². The number of hydrogen-bond acceptors (Lipinski definition) is 7. The summed E-state index contributed by atoms with van der Waals surface area (Å²) in [6, 6.07) is 3.56. The summed E-state index contributed by atoms with van der Waals surface area (Å²) in [6.07, 6.45) is -5.25. The third-order valence-electron chi connectivity index (χ3n) is 6.37. The van der Waals surface area contributed by atoms with Crippen LogP contribution in [-0.2, 0) is 28.6 Å². The van der Waals surface area contributed by atoms with Crippen molar-refractivity contribution in [3.63, 3.8) is 0 Å². The standard InChI is InChI=1S/C25H34F3N5O4/c1-7-18-21(29-19-13-32(24(35)36-6)14-20(19)37-9-3)23(34)33(8-2)22(30-18)16-11-10-15(31(4)5)12-17(16)25(26,27)28/h10-12,19-20,29H,7-9,13-14H2,1-6H3/t19?,20-/m0/s1. The number of anilines is 2. The van der Waals surface area contributed by atoms with Gasteiger partial charge in [-0.3, -0.25) is 9.36 Å². The first-order valence-corrected chi connectivity index (χ1v) is 12.2. The number of methoxy groups -OCH3 is 1. The minimum atomic E-state index is -4.65. The first-order chi connectivity index (χ1) is 17.5. The Balaban J connectivity index is 2.13. The van der Waals surface area contributed by atoms with Crippen molar-refractivity contribution >= 4 is 17.5 Å². The Labute approximate surface area is 214 Å². The fraction of sp³-hybridized carbons (Fsp3) is 0.560. The number of hydrogen-bond donors (Lipinski definition) is 1. The molecule has 1 amide bonds. The van der Waals surface area contributed by atoms with Crippen molar-refractivity contribution in [2.75, 3.05) is 51.1 Å². The van der Waals surface area contributed by atoms with Crippen LogP contribution < -0.4 is 15.8 Å². The highest BCUT2D eigenvalue weighted by Gasteiger charge is 2.38. The molecule has 2 aromatic rings. The molecule has 3 rings (SSSR count). The average Bonchev–Trinajstić information content (AvgIpc) is 3.26. The van der Waals surface area contributed by atoms with E-state index >= 15 is 0 Å². The summed E-state index contributed by atoms with van der Waals surface area (Å²) >= 11 is 0. The van der Waals surface area contributed by atoms with E-state index in [0.29, 0.717) is 24.4 Å². The van der Waals surface area contributed by atoms with Crippen molar-refractivity contribution in [2.24, 2.45) is 0 Å². The van der Waals surface area contributed by atoms with Gasteiger partial charge >= 0.3 is 12.3 Å². The van der Waals surface area contributed by atoms with E-state index in [1.165, 1.54) is 22.6 Å². The summed E-state index contributed by atoms with van der Waals surface area (Å²) in [4.78, 5) is 33.4. The smallest absolute Gasteiger partial charge is 0.417 e. The van der Waals surface area contributed by atoms with Crippen molar-refractivity contribution in [3.05, 3.63) is 39.8 Å². The number of amides is 1. The first-order valence-electron chi connectivity index (χ1n) is 12.2. The SMILES string of the molecule is CCO[C@H]1CN(C(=O)OC)CC1Nc1c(CC)nc(-c2ccc(N(C)C)cc2C(F)(F)F)n(CC)c1=O. The predicted octanol–water partition coefficient (Wildman–Crippen LogP) is 3.85. The van der Waals surface area contributed by atoms with Gasteiger partial charge in [-0.2, -0.15) is 13.2 Å². The lowest BCUT2D eigenvalue weighted by Gasteiger charge is -2.24. The van der Waals surface area contributed by atoms with E-state index in [0.717, 1.165) is 6.07 Å². The minimum Gasteiger partial charge on any atom is -0.453 e. The number of carbonyl (C=O) groups is 1. The van der Waals surface area contributed by atoms with Crippen LogP contribution in [0.4, 0.5) is 29.3 Å². The lowest BCUT2D eigenvalue weighted by molar-refractivity contribution is -0.137. The lowest BCUT2D eigenvalue weighted by atomic mass is 10.0. The van der Waals surface area contributed by atoms with Crippen LogP contribution in [0.25, 0.3) is 11.4 Å². The first kappa shape index (κ1) is 28.3. The number of nitrogens with zero attached hydrogens (tertiary/aromatic N) is 4. The molecule has 0 radical (unpaired) electrons. The van der Waals surface area contributed by atoms with Crippen LogP contribution in [0.5, 0.6) is 0 Å². The van der Waals surface area contributed by atoms with Crippen molar-refractivity contribution < 1.29 is 27.4 Å². The van der Waals surface area contributed by atoms with Gasteiger partial charge in [0.2, 0.25) is 0 Å². The number of alkyl halides is 3. The number of carbonyl (C=O) groups excluding carboxylic acids is 1. The number of benzene rings is 1. The number of aromatic nitrogens is 2. The van der Waals surface area contributed by atoms with Gasteiger partial charge in [0.05, 0.1) is 37.1 Å². The Morgan fingerprint density at radius 3 is 2.46 bits per heavy atom. The van der Waals surface area contributed by atoms with Crippen LogP contribution in [0.2, 0.25) is 0 Å². The zero-order chi connectivity index (χ0) is 27.5. The highest BCUT2D eigenvalue weighted by molar-refractivity contribution is 5.69. The van der Waals surface area contributed by atoms with Gasteiger partial charge in [-0.15, -0.1) is 0 Å². The molecule has 2 heterocycles. The summed E-state index contributed by atoms with van der Waals surface area (Å²) in [6.45, 7) is 6.32. The molecule has 37 heavy (non-hydrogen) atoms. The molecule has 2 atom stereocenters. The molecule has 12 heteroatoms. The molecule has 0 bridgehead atoms. The van der Waals surface area contributed by atoms with E-state index < -0.39 is 35.5 Å². The number of ether oxygens (including phenoxy) is 2. The number of rotatable bonds is 8. The van der Waals surface area contributed by atoms with Crippen LogP contribution in [0.15, 0.2) is 23.0 Å². The van der Waals surface area contributed by atoms with Gasteiger partial charge in [-0.05, 0) is 38.5 Å². The Hall–Kier alpha value is -3.28. The van der Waals surface area contributed by atoms with Gasteiger partial charge < -0.3 is 24.6 Å². The molecular formula is C25H34F3N5O4. The van der Waals surface area contributed by atoms with Crippen LogP contribution >= 0.6 is 0 Å². The molecule has 1 aromatic heterocycles. The molecule has 1 aliphatic rings. The summed E-state index contributed by atoms with van der Waals surface area (Å²) in [5.41, 5.74) is -0.608. The summed E-state index contributed by atoms with van der Waals surface area (Å²) in [5.74, 6) is -0.0449. The molecule has 0 spiro atoms. The summed E-state index contributed by atoms with van der Waals surface area (Å²) in [5, 5.41) is 3.20. The third-order valence-corrected chi connectivity index (χ3v) is 6.37. The fourth-order valence-electron chi connectivity index (χ4n) is 4.50. The number of halogens is 3. The molecule has 1 unspecified atom stereocenters. The van der Waals surface area contributed by atoms with Crippen LogP contribution in [0.3, 0.4) is 0 Å². The molecule has 0 aliphatic carbocycles. The average molecular weight is 526 g/mol. The van der Waals surface area contributed by atoms with Crippen molar-refractivity contribution in [1.82, 2.24) is 14.5 Å². The second kappa shape index (κ2) is 11.4. The largest absolute Gasteiger partial charge is 0.453 e. The zero-order valence-corrected chi connectivity index (χ0v) is 22.0. The summed E-state index contributed by atoms with van der Waals surface area (Å²) in [7, 11) is 4.60. The van der Waals surface area contributed by atoms with Gasteiger partial charge in [0.25, 0.3) is 5.56 Å². The van der Waals surface area contributed by atoms with E-state index in [9.17, 15) is 22.8 Å². The monoisotopic (exact) mass is 525 g/mol. The normalized spacial score (nSPS) is 17.7. The van der Waals surface area contributed by atoms with Crippen LogP contribution in [0.1, 0.15) is 32.0 Å². The van der Waals surface area contributed by atoms with Gasteiger partial charge in [-0.25, -0.2) is 9.78 Å². The number of aryl methyl sites for hydroxylation is 1. The second-order valence-corrected chi connectivity index (χ2v) is 8.90. The van der Waals surface area contributed by atoms with E-state index in [4.69, 9.17) is 9.47 Å². The molecular weight excluding hydrogens is 491 g/mol. The van der Waals surface area contributed by atoms with Crippen LogP contribution in [-0.4, -0.2) is 73.6 Å². The van der Waals surface area contributed by atoms with Crippen molar-refractivity contribution in [1.29, 1.82) is 0 Å². The number of likely N-dealkylation sites (tertiary alicyclic amines) is 1. The topological polar surface area (TPSA) is 88.9 Å². The minimum absolute atomic E-state index is 0.0449. The van der Waals surface area contributed by atoms with Gasteiger partial charge in [-0.1, -0.05) is 6.92 Å². The molecule has 1 N–H and O–H groups in total. The molecule has 1 saturated heterocycles. The Bertz CT molecular complexity index is 1180. The maximum absolute atomic E-state index is 14.1. The van der Waals surface area contributed by atoms with E-state index in [-0.39, 0.29) is 36.7 Å². The van der Waals surface area contributed by atoms with Crippen molar-refractivity contribution in [2.45, 2.75) is 52.1 Å². The maximum atomic E-state index is 14.1. The second-order valence-electron chi connectivity index (χ2n) is 8.90. The van der Waals surface area contributed by atoms with Gasteiger partial charge in [0, 0.05) is 45.0 Å². The molecule has 0 saturated carbocycles. The highest BCUT2D eigenvalue weighted by Crippen LogP contribution is 2.38. The fourth-order valence-corrected chi connectivity index (χ4v) is 4.50. The Kier molecular flexibility index (Phi) is 8.72. The predicted molar refractivity (Wildman–Crippen MR) is 135 cm³/mol. The van der Waals surface area contributed by atoms with Crippen molar-refractivity contribution in [3.8, 4) is 11.4 Å². The quantitative estimate of drug-likeness (QED) is 0.560. The van der Waals surface area contributed by atoms with Gasteiger partial charge in [0.1, 0.15) is 11.5 Å². The van der Waals surface area contributed by atoms with Gasteiger partial charge in [0.15, 0.2) is 0 Å². The van der Waals surface area contributed by atoms with E-state index in [1.54, 1.807) is 38.9 Å². The third kappa shape index (κ3) is 5.84. The lowest BCUT2D eigenvalue weighted by Crippen LogP contribution is -2.38. The molecule has 9 nitrogen and oxygen atoms in total. The van der Waals surface area contributed by atoms with Crippen LogP contribution in [0, 0.1) is 0 Å². The Morgan fingerprint density at radius 2 is 1.92 bits per heavy atom. The molecule has 1 aliphatic heterocycles. The Morgan fingerprint density at radius 1 is 1.22 bits per heavy atom. The highest BCUT2D eigenvalue weighted by atomic mass is 19.4.